The van der Waals surface area contributed by atoms with E-state index in [0.29, 0.717) is 16.8 Å². The number of benzene rings is 2. The first-order chi connectivity index (χ1) is 13.5. The Bertz CT molecular complexity index is 925. The average Bonchev–Trinajstić information content (AvgIpc) is 3.12. The lowest BCUT2D eigenvalue weighted by atomic mass is 10.1. The second-order valence-corrected chi connectivity index (χ2v) is 7.83. The molecule has 0 aliphatic carbocycles. The molecule has 0 aliphatic heterocycles. The number of ether oxygens (including phenoxy) is 1. The monoisotopic (exact) mass is 415 g/mol. The summed E-state index contributed by atoms with van der Waals surface area (Å²) in [5, 5.41) is 6.00. The van der Waals surface area contributed by atoms with E-state index in [4.69, 9.17) is 16.3 Å². The summed E-state index contributed by atoms with van der Waals surface area (Å²) in [6, 6.07) is 15.0. The molecule has 1 N–H and O–H groups in total. The fourth-order valence-electron chi connectivity index (χ4n) is 2.55. The van der Waals surface area contributed by atoms with Gasteiger partial charge in [-0.3, -0.25) is 4.79 Å². The van der Waals surface area contributed by atoms with E-state index in [0.717, 1.165) is 29.1 Å². The number of carbonyl (C=O) groups is 1. The van der Waals surface area contributed by atoms with E-state index in [1.54, 1.807) is 12.1 Å². The highest BCUT2D eigenvalue weighted by Gasteiger charge is 2.12. The number of carbonyl (C=O) groups excluding carboxylic acids is 1. The largest absolute Gasteiger partial charge is 0.492 e. The summed E-state index contributed by atoms with van der Waals surface area (Å²) < 4.78 is 5.91. The van der Waals surface area contributed by atoms with Crippen LogP contribution in [0, 0.1) is 0 Å². The lowest BCUT2D eigenvalue weighted by Gasteiger charge is -2.13. The zero-order valence-corrected chi connectivity index (χ0v) is 17.4. The molecule has 0 fully saturated rings. The SMILES string of the molecule is CN(C)CCOc1ccccc1-c1csc(NC(=O)Cc2ccc(Cl)cc2)n1. The first kappa shape index (κ1) is 20.3. The quantitative estimate of drug-likeness (QED) is 0.584. The Balaban J connectivity index is 1.65. The van der Waals surface area contributed by atoms with Crippen molar-refractivity contribution >= 4 is 34.0 Å². The smallest absolute Gasteiger partial charge is 0.230 e. The number of thiazole rings is 1. The minimum absolute atomic E-state index is 0.112. The van der Waals surface area contributed by atoms with Gasteiger partial charge in [0.15, 0.2) is 5.13 Å². The average molecular weight is 416 g/mol. The zero-order chi connectivity index (χ0) is 19.9. The van der Waals surface area contributed by atoms with Crippen LogP contribution in [0.25, 0.3) is 11.3 Å². The highest BCUT2D eigenvalue weighted by molar-refractivity contribution is 7.14. The van der Waals surface area contributed by atoms with Crippen LogP contribution in [-0.4, -0.2) is 43.0 Å². The van der Waals surface area contributed by atoms with Crippen LogP contribution >= 0.6 is 22.9 Å². The van der Waals surface area contributed by atoms with E-state index < -0.39 is 0 Å². The number of hydrogen-bond acceptors (Lipinski definition) is 5. The molecule has 0 saturated heterocycles. The summed E-state index contributed by atoms with van der Waals surface area (Å²) in [5.74, 6) is 0.674. The van der Waals surface area contributed by atoms with Crippen molar-refractivity contribution in [2.24, 2.45) is 0 Å². The highest BCUT2D eigenvalue weighted by Crippen LogP contribution is 2.32. The second kappa shape index (κ2) is 9.68. The summed E-state index contributed by atoms with van der Waals surface area (Å²) in [6.07, 6.45) is 0.274. The predicted octanol–water partition coefficient (Wildman–Crippen LogP) is 4.59. The number of anilines is 1. The van der Waals surface area contributed by atoms with Crippen LogP contribution in [0.4, 0.5) is 5.13 Å². The van der Waals surface area contributed by atoms with Gasteiger partial charge in [-0.15, -0.1) is 11.3 Å². The molecule has 1 amide bonds. The zero-order valence-electron chi connectivity index (χ0n) is 15.8. The molecule has 0 atom stereocenters. The minimum Gasteiger partial charge on any atom is -0.492 e. The maximum atomic E-state index is 12.3. The molecule has 0 saturated carbocycles. The van der Waals surface area contributed by atoms with Gasteiger partial charge in [0.05, 0.1) is 12.1 Å². The number of nitrogens with zero attached hydrogens (tertiary/aromatic N) is 2. The topological polar surface area (TPSA) is 54.5 Å². The van der Waals surface area contributed by atoms with Gasteiger partial charge in [-0.05, 0) is 43.9 Å². The normalized spacial score (nSPS) is 10.9. The van der Waals surface area contributed by atoms with Gasteiger partial charge in [0.1, 0.15) is 12.4 Å². The molecule has 2 aromatic carbocycles. The van der Waals surface area contributed by atoms with Crippen LogP contribution in [0.5, 0.6) is 5.75 Å². The van der Waals surface area contributed by atoms with E-state index in [1.807, 2.05) is 55.9 Å². The Hall–Kier alpha value is -2.41. The molecule has 1 heterocycles. The molecule has 5 nitrogen and oxygen atoms in total. The van der Waals surface area contributed by atoms with E-state index in [1.165, 1.54) is 11.3 Å². The van der Waals surface area contributed by atoms with Crippen LogP contribution in [0.2, 0.25) is 5.02 Å². The van der Waals surface area contributed by atoms with Crippen LogP contribution < -0.4 is 10.1 Å². The van der Waals surface area contributed by atoms with Gasteiger partial charge in [0.25, 0.3) is 0 Å². The number of likely N-dealkylation sites (N-methyl/N-ethyl adjacent to an activating group) is 1. The molecule has 28 heavy (non-hydrogen) atoms. The summed E-state index contributed by atoms with van der Waals surface area (Å²) in [6.45, 7) is 1.43. The molecule has 0 bridgehead atoms. The van der Waals surface area contributed by atoms with Crippen molar-refractivity contribution in [1.82, 2.24) is 9.88 Å². The Kier molecular flexibility index (Phi) is 7.03. The number of halogens is 1. The van der Waals surface area contributed by atoms with Gasteiger partial charge in [0.2, 0.25) is 5.91 Å². The molecule has 3 aromatic rings. The van der Waals surface area contributed by atoms with Crippen molar-refractivity contribution in [1.29, 1.82) is 0 Å². The van der Waals surface area contributed by atoms with Crippen molar-refractivity contribution in [3.8, 4) is 17.0 Å². The van der Waals surface area contributed by atoms with Crippen molar-refractivity contribution < 1.29 is 9.53 Å². The van der Waals surface area contributed by atoms with E-state index in [2.05, 4.69) is 15.2 Å². The van der Waals surface area contributed by atoms with Crippen molar-refractivity contribution in [2.75, 3.05) is 32.6 Å². The molecule has 3 rings (SSSR count). The fraction of sp³-hybridized carbons (Fsp3) is 0.238. The summed E-state index contributed by atoms with van der Waals surface area (Å²) in [5.41, 5.74) is 2.60. The maximum absolute atomic E-state index is 12.3. The molecular weight excluding hydrogens is 394 g/mol. The number of nitrogens with one attached hydrogen (secondary N) is 1. The van der Waals surface area contributed by atoms with Crippen LogP contribution in [0.1, 0.15) is 5.56 Å². The molecule has 0 aliphatic rings. The first-order valence-electron chi connectivity index (χ1n) is 8.88. The van der Waals surface area contributed by atoms with Crippen molar-refractivity contribution in [3.63, 3.8) is 0 Å². The number of amides is 1. The van der Waals surface area contributed by atoms with E-state index in [9.17, 15) is 4.79 Å². The molecule has 0 radical (unpaired) electrons. The maximum Gasteiger partial charge on any atom is 0.230 e. The summed E-state index contributed by atoms with van der Waals surface area (Å²) in [4.78, 5) is 18.9. The Morgan fingerprint density at radius 2 is 1.93 bits per heavy atom. The molecule has 0 spiro atoms. The Labute approximate surface area is 173 Å². The van der Waals surface area contributed by atoms with Gasteiger partial charge in [-0.1, -0.05) is 35.9 Å². The van der Waals surface area contributed by atoms with E-state index >= 15 is 0 Å². The molecule has 7 heteroatoms. The molecule has 1 aromatic heterocycles. The fourth-order valence-corrected chi connectivity index (χ4v) is 3.40. The van der Waals surface area contributed by atoms with Crippen molar-refractivity contribution in [2.45, 2.75) is 6.42 Å². The van der Waals surface area contributed by atoms with Crippen LogP contribution in [-0.2, 0) is 11.2 Å². The van der Waals surface area contributed by atoms with Gasteiger partial charge in [-0.25, -0.2) is 4.98 Å². The number of para-hydroxylation sites is 1. The third-order valence-electron chi connectivity index (χ3n) is 3.99. The Morgan fingerprint density at radius 3 is 2.68 bits per heavy atom. The lowest BCUT2D eigenvalue weighted by molar-refractivity contribution is -0.115. The van der Waals surface area contributed by atoms with Gasteiger partial charge >= 0.3 is 0 Å². The van der Waals surface area contributed by atoms with Crippen LogP contribution in [0.15, 0.2) is 53.9 Å². The number of aromatic nitrogens is 1. The second-order valence-electron chi connectivity index (χ2n) is 6.54. The third-order valence-corrected chi connectivity index (χ3v) is 5.00. The summed E-state index contributed by atoms with van der Waals surface area (Å²) >= 11 is 7.27. The molecule has 146 valence electrons. The molecular formula is C21H22ClN3O2S. The third kappa shape index (κ3) is 5.79. The standard InChI is InChI=1S/C21H22ClN3O2S/c1-25(2)11-12-27-19-6-4-3-5-17(19)18-14-28-21(23-18)24-20(26)13-15-7-9-16(22)10-8-15/h3-10,14H,11-13H2,1-2H3,(H,23,24,26). The predicted molar refractivity (Wildman–Crippen MR) is 115 cm³/mol. The Morgan fingerprint density at radius 1 is 1.18 bits per heavy atom. The molecule has 0 unspecified atom stereocenters. The number of rotatable bonds is 8. The van der Waals surface area contributed by atoms with Crippen molar-refractivity contribution in [3.05, 3.63) is 64.5 Å². The first-order valence-corrected chi connectivity index (χ1v) is 10.1. The minimum atomic E-state index is -0.112. The lowest BCUT2D eigenvalue weighted by Crippen LogP contribution is -2.19. The highest BCUT2D eigenvalue weighted by atomic mass is 35.5. The number of hydrogen-bond donors (Lipinski definition) is 1. The van der Waals surface area contributed by atoms with Crippen LogP contribution in [0.3, 0.4) is 0 Å². The summed E-state index contributed by atoms with van der Waals surface area (Å²) in [7, 11) is 4.02. The van der Waals surface area contributed by atoms with Gasteiger partial charge < -0.3 is 15.0 Å². The van der Waals surface area contributed by atoms with E-state index in [-0.39, 0.29) is 12.3 Å². The van der Waals surface area contributed by atoms with Gasteiger partial charge in [0, 0.05) is 22.5 Å². The van der Waals surface area contributed by atoms with Gasteiger partial charge in [-0.2, -0.15) is 0 Å².